The maximum atomic E-state index is 13.7. The van der Waals surface area contributed by atoms with Gasteiger partial charge in [-0.3, -0.25) is 14.4 Å². The van der Waals surface area contributed by atoms with Crippen molar-refractivity contribution >= 4 is 23.8 Å². The molecule has 0 unspecified atom stereocenters. The van der Waals surface area contributed by atoms with Gasteiger partial charge >= 0.3 is 6.09 Å². The quantitative estimate of drug-likeness (QED) is 0.246. The number of alkyl carbamates (subject to hydrolysis) is 1. The number of rotatable bonds is 13. The third kappa shape index (κ3) is 7.96. The van der Waals surface area contributed by atoms with Crippen molar-refractivity contribution in [3.63, 3.8) is 0 Å². The number of amides is 4. The molecule has 0 aromatic rings. The monoisotopic (exact) mass is 532 g/mol. The van der Waals surface area contributed by atoms with Crippen molar-refractivity contribution in [2.75, 3.05) is 13.1 Å². The van der Waals surface area contributed by atoms with E-state index in [1.165, 1.54) is 0 Å². The highest BCUT2D eigenvalue weighted by molar-refractivity contribution is 5.98. The molecule has 3 aliphatic rings. The van der Waals surface area contributed by atoms with E-state index in [2.05, 4.69) is 29.5 Å². The molecule has 2 aliphatic carbocycles. The van der Waals surface area contributed by atoms with Crippen LogP contribution in [0.1, 0.15) is 98.8 Å². The summed E-state index contributed by atoms with van der Waals surface area (Å²) in [4.78, 5) is 54.5. The predicted molar refractivity (Wildman–Crippen MR) is 146 cm³/mol. The summed E-state index contributed by atoms with van der Waals surface area (Å²) in [6, 6.07) is -1.45. The van der Waals surface area contributed by atoms with Gasteiger partial charge in [-0.2, -0.15) is 0 Å². The smallest absolute Gasteiger partial charge is 0.408 e. The van der Waals surface area contributed by atoms with Crippen LogP contribution in [0.2, 0.25) is 0 Å². The van der Waals surface area contributed by atoms with Gasteiger partial charge in [-0.05, 0) is 72.1 Å². The van der Waals surface area contributed by atoms with Gasteiger partial charge in [0.15, 0.2) is 0 Å². The minimum absolute atomic E-state index is 0.114. The molecule has 3 rings (SSSR count). The highest BCUT2D eigenvalue weighted by atomic mass is 16.6. The SMILES string of the molecule is C=C(C)[C@@H]1C[C@]1(NC(=O)[C@@H]1CCCN1C(=O)[C@H](CCCCCC)NC(=O)OC(C)(C)C)C(=O)NCC1CC1. The van der Waals surface area contributed by atoms with Gasteiger partial charge in [-0.15, -0.1) is 0 Å². The predicted octanol–water partition coefficient (Wildman–Crippen LogP) is 3.82. The van der Waals surface area contributed by atoms with Crippen LogP contribution in [0.5, 0.6) is 0 Å². The topological polar surface area (TPSA) is 117 Å². The number of likely N-dealkylation sites (tertiary alicyclic amines) is 1. The summed E-state index contributed by atoms with van der Waals surface area (Å²) in [5.41, 5.74) is -0.822. The van der Waals surface area contributed by atoms with Crippen LogP contribution in [0.15, 0.2) is 12.2 Å². The second-order valence-corrected chi connectivity index (χ2v) is 12.5. The van der Waals surface area contributed by atoms with Crippen LogP contribution in [0.4, 0.5) is 4.79 Å². The van der Waals surface area contributed by atoms with E-state index in [9.17, 15) is 19.2 Å². The first kappa shape index (κ1) is 30.0. The molecular weight excluding hydrogens is 484 g/mol. The van der Waals surface area contributed by atoms with Crippen LogP contribution in [0.3, 0.4) is 0 Å². The van der Waals surface area contributed by atoms with Gasteiger partial charge in [0.2, 0.25) is 17.7 Å². The number of hydrogen-bond donors (Lipinski definition) is 3. The molecule has 0 spiro atoms. The minimum atomic E-state index is -0.997. The molecular formula is C29H48N4O5. The van der Waals surface area contributed by atoms with Crippen molar-refractivity contribution < 1.29 is 23.9 Å². The summed E-state index contributed by atoms with van der Waals surface area (Å²) < 4.78 is 5.41. The maximum absolute atomic E-state index is 13.7. The lowest BCUT2D eigenvalue weighted by Crippen LogP contribution is -2.58. The third-order valence-corrected chi connectivity index (χ3v) is 7.73. The zero-order chi connectivity index (χ0) is 28.1. The van der Waals surface area contributed by atoms with E-state index in [1.807, 2.05) is 6.92 Å². The molecule has 4 amide bonds. The molecule has 9 nitrogen and oxygen atoms in total. The van der Waals surface area contributed by atoms with Gasteiger partial charge < -0.3 is 25.6 Å². The van der Waals surface area contributed by atoms with Crippen molar-refractivity contribution in [2.45, 2.75) is 122 Å². The lowest BCUT2D eigenvalue weighted by molar-refractivity contribution is -0.141. The van der Waals surface area contributed by atoms with E-state index >= 15 is 0 Å². The molecule has 214 valence electrons. The molecule has 0 bridgehead atoms. The summed E-state index contributed by atoms with van der Waals surface area (Å²) >= 11 is 0. The number of carbonyl (C=O) groups excluding carboxylic acids is 4. The van der Waals surface area contributed by atoms with E-state index < -0.39 is 29.3 Å². The second kappa shape index (κ2) is 12.5. The Hall–Kier alpha value is -2.58. The van der Waals surface area contributed by atoms with Crippen LogP contribution < -0.4 is 16.0 Å². The average molecular weight is 533 g/mol. The molecule has 4 atom stereocenters. The normalized spacial score (nSPS) is 25.3. The van der Waals surface area contributed by atoms with E-state index in [1.54, 1.807) is 25.7 Å². The van der Waals surface area contributed by atoms with Crippen molar-refractivity contribution in [1.29, 1.82) is 0 Å². The fraction of sp³-hybridized carbons (Fsp3) is 0.793. The largest absolute Gasteiger partial charge is 0.444 e. The summed E-state index contributed by atoms with van der Waals surface area (Å²) in [5, 5.41) is 8.80. The fourth-order valence-corrected chi connectivity index (χ4v) is 5.31. The van der Waals surface area contributed by atoms with Crippen LogP contribution in [-0.2, 0) is 19.1 Å². The number of unbranched alkanes of at least 4 members (excludes halogenated alkanes) is 3. The number of carbonyl (C=O) groups is 4. The van der Waals surface area contributed by atoms with Crippen LogP contribution >= 0.6 is 0 Å². The molecule has 9 heteroatoms. The zero-order valence-electron chi connectivity index (χ0n) is 24.0. The van der Waals surface area contributed by atoms with Crippen LogP contribution in [-0.4, -0.2) is 65.0 Å². The molecule has 38 heavy (non-hydrogen) atoms. The standard InChI is InChI=1S/C29H48N4O5/c1-7-8-9-10-12-22(31-27(37)38-28(4,5)6)25(35)33-16-11-13-23(33)24(34)32-29(17-21(29)19(2)3)26(36)30-18-20-14-15-20/h20-23H,2,7-18H2,1,3-6H3,(H,30,36)(H,31,37)(H,32,34)/t21-,22-,23-,29+/m0/s1. The molecule has 1 aliphatic heterocycles. The first-order valence-electron chi connectivity index (χ1n) is 14.4. The summed E-state index contributed by atoms with van der Waals surface area (Å²) in [6.45, 7) is 14.4. The molecule has 3 fully saturated rings. The van der Waals surface area contributed by atoms with E-state index in [0.29, 0.717) is 44.7 Å². The zero-order valence-corrected chi connectivity index (χ0v) is 24.0. The van der Waals surface area contributed by atoms with Gasteiger partial charge in [0.25, 0.3) is 0 Å². The second-order valence-electron chi connectivity index (χ2n) is 12.5. The number of ether oxygens (including phenoxy) is 1. The Morgan fingerprint density at radius 1 is 1.11 bits per heavy atom. The Morgan fingerprint density at radius 3 is 2.39 bits per heavy atom. The van der Waals surface area contributed by atoms with E-state index in [0.717, 1.165) is 44.1 Å². The lowest BCUT2D eigenvalue weighted by atomic mass is 10.0. The molecule has 3 N–H and O–H groups in total. The number of hydrogen-bond acceptors (Lipinski definition) is 5. The Kier molecular flexibility index (Phi) is 9.87. The molecule has 1 saturated heterocycles. The molecule has 1 heterocycles. The molecule has 2 saturated carbocycles. The van der Waals surface area contributed by atoms with Gasteiger partial charge in [-0.1, -0.05) is 44.8 Å². The maximum Gasteiger partial charge on any atom is 0.408 e. The summed E-state index contributed by atoms with van der Waals surface area (Å²) in [6.07, 6.45) is 7.67. The van der Waals surface area contributed by atoms with Gasteiger partial charge in [-0.25, -0.2) is 4.79 Å². The first-order chi connectivity index (χ1) is 17.9. The third-order valence-electron chi connectivity index (χ3n) is 7.73. The Balaban J connectivity index is 1.69. The van der Waals surface area contributed by atoms with Crippen molar-refractivity contribution in [2.24, 2.45) is 11.8 Å². The van der Waals surface area contributed by atoms with Crippen LogP contribution in [0, 0.1) is 11.8 Å². The van der Waals surface area contributed by atoms with Crippen molar-refractivity contribution in [3.05, 3.63) is 12.2 Å². The minimum Gasteiger partial charge on any atom is -0.444 e. The summed E-state index contributed by atoms with van der Waals surface area (Å²) in [5.74, 6) is -0.338. The number of nitrogens with zero attached hydrogens (tertiary/aromatic N) is 1. The van der Waals surface area contributed by atoms with Crippen molar-refractivity contribution in [1.82, 2.24) is 20.9 Å². The summed E-state index contributed by atoms with van der Waals surface area (Å²) in [7, 11) is 0. The average Bonchev–Trinajstić information content (AvgIpc) is 3.74. The van der Waals surface area contributed by atoms with Crippen LogP contribution in [0.25, 0.3) is 0 Å². The van der Waals surface area contributed by atoms with E-state index in [-0.39, 0.29) is 23.6 Å². The van der Waals surface area contributed by atoms with Crippen molar-refractivity contribution in [3.8, 4) is 0 Å². The fourth-order valence-electron chi connectivity index (χ4n) is 5.31. The van der Waals surface area contributed by atoms with Gasteiger partial charge in [0.1, 0.15) is 23.2 Å². The number of nitrogens with one attached hydrogen (secondary N) is 3. The highest BCUT2D eigenvalue weighted by Crippen LogP contribution is 2.48. The Bertz CT molecular complexity index is 909. The molecule has 0 radical (unpaired) electrons. The Labute approximate surface area is 227 Å². The molecule has 0 aromatic carbocycles. The lowest BCUT2D eigenvalue weighted by Gasteiger charge is -2.30. The first-order valence-corrected chi connectivity index (χ1v) is 14.4. The van der Waals surface area contributed by atoms with Gasteiger partial charge in [0.05, 0.1) is 0 Å². The Morgan fingerprint density at radius 2 is 1.82 bits per heavy atom. The van der Waals surface area contributed by atoms with E-state index in [4.69, 9.17) is 4.74 Å². The molecule has 0 aromatic heterocycles. The van der Waals surface area contributed by atoms with Gasteiger partial charge in [0, 0.05) is 19.0 Å². The highest BCUT2D eigenvalue weighted by Gasteiger charge is 2.62.